The molecule has 2 saturated heterocycles. The maximum absolute atomic E-state index is 15.4. The molecule has 3 nitrogen and oxygen atoms in total. The summed E-state index contributed by atoms with van der Waals surface area (Å²) in [7, 11) is 0. The van der Waals surface area contributed by atoms with Crippen LogP contribution < -0.4 is 14.8 Å². The minimum atomic E-state index is -1.24. The van der Waals surface area contributed by atoms with Gasteiger partial charge in [-0.1, -0.05) is 6.07 Å². The molecule has 4 heteroatoms. The van der Waals surface area contributed by atoms with Crippen LogP contribution in [0.4, 0.5) is 4.39 Å². The lowest BCUT2D eigenvalue weighted by Crippen LogP contribution is -2.44. The Hall–Kier alpha value is -1.29. The Labute approximate surface area is 125 Å². The first-order chi connectivity index (χ1) is 10.1. The van der Waals surface area contributed by atoms with Gasteiger partial charge < -0.3 is 14.8 Å². The van der Waals surface area contributed by atoms with Gasteiger partial charge in [0.15, 0.2) is 11.5 Å². The third kappa shape index (κ3) is 2.86. The lowest BCUT2D eigenvalue weighted by Gasteiger charge is -2.35. The zero-order valence-electron chi connectivity index (χ0n) is 12.8. The summed E-state index contributed by atoms with van der Waals surface area (Å²) in [5.41, 5.74) is -0.513. The number of benzene rings is 1. The molecule has 21 heavy (non-hydrogen) atoms. The number of rotatable bonds is 5. The van der Waals surface area contributed by atoms with Crippen LogP contribution in [0.5, 0.6) is 11.5 Å². The zero-order valence-corrected chi connectivity index (χ0v) is 12.8. The van der Waals surface area contributed by atoms with Gasteiger partial charge >= 0.3 is 0 Å². The van der Waals surface area contributed by atoms with Crippen LogP contribution in [-0.2, 0) is 5.67 Å². The first-order valence-corrected chi connectivity index (χ1v) is 7.99. The van der Waals surface area contributed by atoms with Crippen LogP contribution in [0, 0.1) is 0 Å². The average Bonchev–Trinajstić information content (AvgIpc) is 2.81. The van der Waals surface area contributed by atoms with E-state index in [0.29, 0.717) is 49.6 Å². The minimum absolute atomic E-state index is 0.316. The second kappa shape index (κ2) is 5.84. The lowest BCUT2D eigenvalue weighted by molar-refractivity contribution is 0.0869. The highest BCUT2D eigenvalue weighted by atomic mass is 19.1. The van der Waals surface area contributed by atoms with E-state index < -0.39 is 5.67 Å². The maximum Gasteiger partial charge on any atom is 0.161 e. The van der Waals surface area contributed by atoms with Crippen LogP contribution in [0.1, 0.15) is 45.1 Å². The average molecular weight is 293 g/mol. The molecule has 3 rings (SSSR count). The predicted molar refractivity (Wildman–Crippen MR) is 80.7 cm³/mol. The number of hydrogen-bond donors (Lipinski definition) is 1. The SMILES string of the molecule is CCOc1ccc(C2(F)CC3CCC(C2)N3)cc1OCC. The van der Waals surface area contributed by atoms with Gasteiger partial charge in [-0.15, -0.1) is 0 Å². The minimum Gasteiger partial charge on any atom is -0.490 e. The summed E-state index contributed by atoms with van der Waals surface area (Å²) in [6.07, 6.45) is 3.30. The molecule has 0 spiro atoms. The Morgan fingerprint density at radius 2 is 1.71 bits per heavy atom. The molecule has 2 bridgehead atoms. The first-order valence-electron chi connectivity index (χ1n) is 7.99. The van der Waals surface area contributed by atoms with Crippen molar-refractivity contribution >= 4 is 0 Å². The van der Waals surface area contributed by atoms with Crippen molar-refractivity contribution in [2.24, 2.45) is 0 Å². The molecule has 2 heterocycles. The van der Waals surface area contributed by atoms with Gasteiger partial charge in [0.1, 0.15) is 5.67 Å². The van der Waals surface area contributed by atoms with Crippen LogP contribution in [0.2, 0.25) is 0 Å². The summed E-state index contributed by atoms with van der Waals surface area (Å²) < 4.78 is 26.6. The summed E-state index contributed by atoms with van der Waals surface area (Å²) in [5, 5.41) is 3.49. The molecule has 1 aromatic rings. The van der Waals surface area contributed by atoms with Gasteiger partial charge in [0.05, 0.1) is 13.2 Å². The Balaban J connectivity index is 1.89. The number of fused-ring (bicyclic) bond motifs is 2. The van der Waals surface area contributed by atoms with Gasteiger partial charge in [-0.05, 0) is 44.4 Å². The molecule has 2 aliphatic heterocycles. The Morgan fingerprint density at radius 3 is 2.33 bits per heavy atom. The molecular weight excluding hydrogens is 269 g/mol. The fraction of sp³-hybridized carbons (Fsp3) is 0.647. The highest BCUT2D eigenvalue weighted by Crippen LogP contribution is 2.45. The highest BCUT2D eigenvalue weighted by molar-refractivity contribution is 5.45. The summed E-state index contributed by atoms with van der Waals surface area (Å²) in [6, 6.07) is 6.17. The van der Waals surface area contributed by atoms with Crippen LogP contribution >= 0.6 is 0 Å². The molecule has 2 fully saturated rings. The van der Waals surface area contributed by atoms with E-state index in [1.54, 1.807) is 0 Å². The van der Waals surface area contributed by atoms with Crippen LogP contribution in [-0.4, -0.2) is 25.3 Å². The smallest absolute Gasteiger partial charge is 0.161 e. The highest BCUT2D eigenvalue weighted by Gasteiger charge is 2.45. The lowest BCUT2D eigenvalue weighted by atomic mass is 9.83. The van der Waals surface area contributed by atoms with E-state index in [9.17, 15) is 0 Å². The summed E-state index contributed by atoms with van der Waals surface area (Å²) in [4.78, 5) is 0. The number of ether oxygens (including phenoxy) is 2. The summed E-state index contributed by atoms with van der Waals surface area (Å²) >= 11 is 0. The predicted octanol–water partition coefficient (Wildman–Crippen LogP) is 3.56. The first kappa shape index (κ1) is 14.6. The third-order valence-electron chi connectivity index (χ3n) is 4.54. The van der Waals surface area contributed by atoms with E-state index in [1.807, 2.05) is 32.0 Å². The molecule has 1 aromatic carbocycles. The fourth-order valence-electron chi connectivity index (χ4n) is 3.65. The molecule has 0 aliphatic carbocycles. The molecular formula is C17H24FNO2. The number of halogens is 1. The molecule has 2 atom stereocenters. The number of nitrogens with one attached hydrogen (secondary N) is 1. The quantitative estimate of drug-likeness (QED) is 0.900. The second-order valence-corrected chi connectivity index (χ2v) is 6.04. The van der Waals surface area contributed by atoms with Crippen molar-refractivity contribution in [1.29, 1.82) is 0 Å². The van der Waals surface area contributed by atoms with Crippen molar-refractivity contribution in [2.75, 3.05) is 13.2 Å². The summed E-state index contributed by atoms with van der Waals surface area (Å²) in [6.45, 7) is 4.99. The Kier molecular flexibility index (Phi) is 4.07. The zero-order chi connectivity index (χ0) is 14.9. The largest absolute Gasteiger partial charge is 0.490 e. The molecule has 0 aromatic heterocycles. The van der Waals surface area contributed by atoms with Crippen molar-refractivity contribution < 1.29 is 13.9 Å². The number of hydrogen-bond acceptors (Lipinski definition) is 3. The van der Waals surface area contributed by atoms with Crippen molar-refractivity contribution in [3.63, 3.8) is 0 Å². The molecule has 2 aliphatic rings. The van der Waals surface area contributed by atoms with E-state index >= 15 is 4.39 Å². The standard InChI is InChI=1S/C17H24FNO2/c1-3-20-15-8-5-12(9-16(15)21-4-2)17(18)10-13-6-7-14(11-17)19-13/h5,8-9,13-14,19H,3-4,6-7,10-11H2,1-2H3. The fourth-order valence-corrected chi connectivity index (χ4v) is 3.65. The van der Waals surface area contributed by atoms with Gasteiger partial charge in [0, 0.05) is 24.9 Å². The molecule has 0 saturated carbocycles. The normalized spacial score (nSPS) is 31.2. The van der Waals surface area contributed by atoms with E-state index in [-0.39, 0.29) is 0 Å². The molecule has 116 valence electrons. The van der Waals surface area contributed by atoms with E-state index in [4.69, 9.17) is 9.47 Å². The van der Waals surface area contributed by atoms with Crippen LogP contribution in [0.25, 0.3) is 0 Å². The second-order valence-electron chi connectivity index (χ2n) is 6.04. The van der Waals surface area contributed by atoms with Crippen molar-refractivity contribution in [1.82, 2.24) is 5.32 Å². The van der Waals surface area contributed by atoms with Gasteiger partial charge in [-0.3, -0.25) is 0 Å². The van der Waals surface area contributed by atoms with E-state index in [2.05, 4.69) is 5.32 Å². The monoisotopic (exact) mass is 293 g/mol. The topological polar surface area (TPSA) is 30.5 Å². The van der Waals surface area contributed by atoms with Crippen molar-refractivity contribution in [3.8, 4) is 11.5 Å². The third-order valence-corrected chi connectivity index (χ3v) is 4.54. The van der Waals surface area contributed by atoms with E-state index in [1.165, 1.54) is 0 Å². The van der Waals surface area contributed by atoms with E-state index in [0.717, 1.165) is 18.4 Å². The van der Waals surface area contributed by atoms with Crippen LogP contribution in [0.3, 0.4) is 0 Å². The van der Waals surface area contributed by atoms with Crippen molar-refractivity contribution in [2.45, 2.75) is 57.3 Å². The van der Waals surface area contributed by atoms with Gasteiger partial charge in [-0.2, -0.15) is 0 Å². The van der Waals surface area contributed by atoms with Gasteiger partial charge in [0.2, 0.25) is 0 Å². The Bertz CT molecular complexity index is 494. The number of alkyl halides is 1. The van der Waals surface area contributed by atoms with Gasteiger partial charge in [-0.25, -0.2) is 4.39 Å². The van der Waals surface area contributed by atoms with Crippen molar-refractivity contribution in [3.05, 3.63) is 23.8 Å². The Morgan fingerprint density at radius 1 is 1.10 bits per heavy atom. The molecule has 0 radical (unpaired) electrons. The van der Waals surface area contributed by atoms with Gasteiger partial charge in [0.25, 0.3) is 0 Å². The molecule has 1 N–H and O–H groups in total. The molecule has 0 amide bonds. The summed E-state index contributed by atoms with van der Waals surface area (Å²) in [5.74, 6) is 1.35. The molecule has 2 unspecified atom stereocenters. The number of piperidine rings is 1. The maximum atomic E-state index is 15.4. The van der Waals surface area contributed by atoms with Crippen LogP contribution in [0.15, 0.2) is 18.2 Å².